The average molecular weight is 535 g/mol. The third-order valence-electron chi connectivity index (χ3n) is 6.09. The third-order valence-corrected chi connectivity index (χ3v) is 7.69. The number of nitrogens with zero attached hydrogens (tertiary/aromatic N) is 4. The fraction of sp³-hybridized carbons (Fsp3) is 0.241. The van der Waals surface area contributed by atoms with E-state index >= 15 is 0 Å². The fourth-order valence-electron chi connectivity index (χ4n) is 4.13. The van der Waals surface area contributed by atoms with Crippen molar-refractivity contribution in [2.75, 3.05) is 27.2 Å². The number of aromatic nitrogens is 2. The molecule has 0 aliphatic heterocycles. The maximum absolute atomic E-state index is 13.9. The van der Waals surface area contributed by atoms with Gasteiger partial charge in [0, 0.05) is 18.7 Å². The van der Waals surface area contributed by atoms with Gasteiger partial charge in [-0.2, -0.15) is 0 Å². The summed E-state index contributed by atoms with van der Waals surface area (Å²) < 4.78 is 42.6. The molecule has 0 aliphatic rings. The van der Waals surface area contributed by atoms with E-state index in [0.29, 0.717) is 24.3 Å². The molecule has 198 valence electrons. The van der Waals surface area contributed by atoms with E-state index in [0.717, 1.165) is 5.56 Å². The highest BCUT2D eigenvalue weighted by atomic mass is 32.2. The monoisotopic (exact) mass is 534 g/mol. The molecule has 0 fully saturated rings. The quantitative estimate of drug-likeness (QED) is 0.288. The van der Waals surface area contributed by atoms with Crippen LogP contribution in [0.25, 0.3) is 0 Å². The summed E-state index contributed by atoms with van der Waals surface area (Å²) in [4.78, 5) is 21.3. The van der Waals surface area contributed by atoms with Gasteiger partial charge in [0.1, 0.15) is 5.82 Å². The first-order valence-electron chi connectivity index (χ1n) is 12.3. The average Bonchev–Trinajstić information content (AvgIpc) is 3.29. The van der Waals surface area contributed by atoms with Crippen LogP contribution in [-0.2, 0) is 28.7 Å². The smallest absolute Gasteiger partial charge is 0.254 e. The van der Waals surface area contributed by atoms with Gasteiger partial charge in [0.2, 0.25) is 15.0 Å². The van der Waals surface area contributed by atoms with Gasteiger partial charge < -0.3 is 14.4 Å². The molecule has 38 heavy (non-hydrogen) atoms. The van der Waals surface area contributed by atoms with Gasteiger partial charge in [-0.3, -0.25) is 4.79 Å². The highest BCUT2D eigenvalue weighted by Gasteiger charge is 2.26. The zero-order chi connectivity index (χ0) is 27.1. The Balaban J connectivity index is 1.72. The van der Waals surface area contributed by atoms with Crippen LogP contribution in [0.5, 0.6) is 0 Å². The molecule has 0 saturated heterocycles. The zero-order valence-electron chi connectivity index (χ0n) is 21.5. The summed E-state index contributed by atoms with van der Waals surface area (Å²) in [6, 6.07) is 24.1. The molecule has 0 N–H and O–H groups in total. The van der Waals surface area contributed by atoms with Crippen LogP contribution in [0, 0.1) is 5.82 Å². The Kier molecular flexibility index (Phi) is 8.70. The van der Waals surface area contributed by atoms with E-state index in [1.54, 1.807) is 39.8 Å². The number of benzene rings is 3. The number of imidazole rings is 1. The Hall–Kier alpha value is -3.82. The van der Waals surface area contributed by atoms with Crippen molar-refractivity contribution in [1.29, 1.82) is 0 Å². The maximum atomic E-state index is 13.9. The molecular weight excluding hydrogens is 503 g/mol. The zero-order valence-corrected chi connectivity index (χ0v) is 22.3. The van der Waals surface area contributed by atoms with Crippen molar-refractivity contribution in [1.82, 2.24) is 19.4 Å². The van der Waals surface area contributed by atoms with Gasteiger partial charge in [-0.1, -0.05) is 66.7 Å². The first-order valence-corrected chi connectivity index (χ1v) is 13.9. The van der Waals surface area contributed by atoms with Crippen LogP contribution in [-0.4, -0.2) is 60.9 Å². The number of likely N-dealkylation sites (N-methyl/N-ethyl adjacent to an activating group) is 1. The minimum Gasteiger partial charge on any atom is -0.331 e. The van der Waals surface area contributed by atoms with E-state index in [1.165, 1.54) is 24.4 Å². The third kappa shape index (κ3) is 6.93. The summed E-state index contributed by atoms with van der Waals surface area (Å²) in [5.74, 6) is -1.02. The van der Waals surface area contributed by atoms with E-state index in [2.05, 4.69) is 4.98 Å². The largest absolute Gasteiger partial charge is 0.331 e. The van der Waals surface area contributed by atoms with Gasteiger partial charge in [0.05, 0.1) is 30.7 Å². The Morgan fingerprint density at radius 3 is 2.18 bits per heavy atom. The van der Waals surface area contributed by atoms with E-state index in [1.807, 2.05) is 55.4 Å². The predicted molar refractivity (Wildman–Crippen MR) is 145 cm³/mol. The molecule has 1 aromatic heterocycles. The molecule has 1 heterocycles. The molecule has 0 bridgehead atoms. The summed E-state index contributed by atoms with van der Waals surface area (Å²) >= 11 is 0. The van der Waals surface area contributed by atoms with Gasteiger partial charge in [0.15, 0.2) is 0 Å². The van der Waals surface area contributed by atoms with Crippen molar-refractivity contribution in [3.05, 3.63) is 119 Å². The Morgan fingerprint density at radius 1 is 0.895 bits per heavy atom. The number of halogens is 1. The molecule has 4 rings (SSSR count). The van der Waals surface area contributed by atoms with Crippen molar-refractivity contribution < 1.29 is 17.6 Å². The van der Waals surface area contributed by atoms with Crippen molar-refractivity contribution in [3.63, 3.8) is 0 Å². The highest BCUT2D eigenvalue weighted by molar-refractivity contribution is 7.90. The number of rotatable bonds is 11. The normalized spacial score (nSPS) is 11.6. The number of carbonyl (C=O) groups is 1. The minimum atomic E-state index is -3.79. The molecule has 0 atom stereocenters. The van der Waals surface area contributed by atoms with E-state index in [4.69, 9.17) is 0 Å². The van der Waals surface area contributed by atoms with Crippen molar-refractivity contribution in [2.24, 2.45) is 0 Å². The number of sulfone groups is 1. The molecule has 9 heteroatoms. The molecule has 0 aliphatic carbocycles. The molecule has 0 saturated carbocycles. The lowest BCUT2D eigenvalue weighted by Gasteiger charge is -2.25. The Bertz CT molecular complexity index is 1470. The van der Waals surface area contributed by atoms with Gasteiger partial charge in [-0.05, 0) is 43.4 Å². The van der Waals surface area contributed by atoms with Crippen molar-refractivity contribution in [2.45, 2.75) is 24.0 Å². The van der Waals surface area contributed by atoms with Crippen LogP contribution in [0.1, 0.15) is 27.2 Å². The molecule has 0 radical (unpaired) electrons. The molecular formula is C29H31FN4O3S. The summed E-state index contributed by atoms with van der Waals surface area (Å²) in [7, 11) is 0.0109. The molecule has 4 aromatic rings. The molecule has 7 nitrogen and oxygen atoms in total. The van der Waals surface area contributed by atoms with E-state index < -0.39 is 15.7 Å². The van der Waals surface area contributed by atoms with Gasteiger partial charge in [0.25, 0.3) is 5.91 Å². The lowest BCUT2D eigenvalue weighted by molar-refractivity contribution is 0.0727. The summed E-state index contributed by atoms with van der Waals surface area (Å²) in [6.07, 6.45) is 1.52. The lowest BCUT2D eigenvalue weighted by atomic mass is 10.2. The summed E-state index contributed by atoms with van der Waals surface area (Å²) in [5, 5.41) is -0.0500. The molecule has 0 spiro atoms. The molecule has 0 unspecified atom stereocenters. The van der Waals surface area contributed by atoms with Crippen LogP contribution < -0.4 is 0 Å². The fourth-order valence-corrected chi connectivity index (χ4v) is 5.62. The Morgan fingerprint density at radius 2 is 1.55 bits per heavy atom. The van der Waals surface area contributed by atoms with Crippen LogP contribution in [0.15, 0.2) is 96.3 Å². The van der Waals surface area contributed by atoms with Crippen LogP contribution in [0.2, 0.25) is 0 Å². The number of amides is 1. The van der Waals surface area contributed by atoms with Crippen LogP contribution >= 0.6 is 0 Å². The highest BCUT2D eigenvalue weighted by Crippen LogP contribution is 2.21. The van der Waals surface area contributed by atoms with Gasteiger partial charge >= 0.3 is 0 Å². The lowest BCUT2D eigenvalue weighted by Crippen LogP contribution is -2.37. The van der Waals surface area contributed by atoms with E-state index in [9.17, 15) is 17.6 Å². The second kappa shape index (κ2) is 12.1. The van der Waals surface area contributed by atoms with Crippen LogP contribution in [0.4, 0.5) is 4.39 Å². The van der Waals surface area contributed by atoms with Crippen LogP contribution in [0.3, 0.4) is 0 Å². The number of carbonyl (C=O) groups excluding carboxylic acids is 1. The maximum Gasteiger partial charge on any atom is 0.254 e. The van der Waals surface area contributed by atoms with Crippen molar-refractivity contribution in [3.8, 4) is 0 Å². The summed E-state index contributed by atoms with van der Waals surface area (Å²) in [6.45, 7) is 1.33. The van der Waals surface area contributed by atoms with Gasteiger partial charge in [-0.25, -0.2) is 17.8 Å². The Labute approximate surface area is 223 Å². The van der Waals surface area contributed by atoms with Crippen molar-refractivity contribution >= 4 is 15.7 Å². The predicted octanol–water partition coefficient (Wildman–Crippen LogP) is 4.25. The minimum absolute atomic E-state index is 0.0500. The second-order valence-electron chi connectivity index (χ2n) is 9.39. The SMILES string of the molecule is CN(C)CCN(Cc1cnc(S(=O)(=O)Cc2ccccc2)n1Cc1ccccc1)C(=O)c1cccc(F)c1. The number of hydrogen-bond donors (Lipinski definition) is 0. The standard InChI is InChI=1S/C29H31FN4O3S/c1-32(2)16-17-33(28(35)25-14-9-15-26(30)18-25)21-27-19-31-29(34(27)20-23-10-5-3-6-11-23)38(36,37)22-24-12-7-4-8-13-24/h3-15,18-19H,16-17,20-22H2,1-2H3. The number of hydrogen-bond acceptors (Lipinski definition) is 5. The molecule has 3 aromatic carbocycles. The summed E-state index contributed by atoms with van der Waals surface area (Å²) in [5.41, 5.74) is 2.37. The second-order valence-corrected chi connectivity index (χ2v) is 11.3. The van der Waals surface area contributed by atoms with Gasteiger partial charge in [-0.15, -0.1) is 0 Å². The molecule has 1 amide bonds. The first kappa shape index (κ1) is 27.2. The topological polar surface area (TPSA) is 75.5 Å². The van der Waals surface area contributed by atoms with E-state index in [-0.39, 0.29) is 35.5 Å². The first-order chi connectivity index (χ1) is 18.2.